The van der Waals surface area contributed by atoms with E-state index in [2.05, 4.69) is 403 Å². The number of rotatable bonds is 23. The first-order valence-electron chi connectivity index (χ1n) is 58.1. The number of hydrogen-bond acceptors (Lipinski definition) is 17. The van der Waals surface area contributed by atoms with E-state index in [1.807, 2.05) is 40.0 Å². The highest BCUT2D eigenvalue weighted by Gasteiger charge is 2.32. The van der Waals surface area contributed by atoms with Crippen LogP contribution in [0.3, 0.4) is 0 Å². The molecule has 9 fully saturated rings. The van der Waals surface area contributed by atoms with E-state index in [1.165, 1.54) is 209 Å². The van der Waals surface area contributed by atoms with Crippen molar-refractivity contribution in [2.45, 2.75) is 321 Å². The second kappa shape index (κ2) is 60.5. The quantitative estimate of drug-likeness (QED) is 0.0362. The Morgan fingerprint density at radius 3 is 1.01 bits per heavy atom. The standard InChI is InChI=1S/C16H26N2.3C15H24N2.C15H23N.C14H21FN2.C14H22N2.C14H21N.C13H20N2O/c1-12(2)15-7-6-13(3)10-16(15)18-9-8-14(11-18)17(4)5;2*1-11(2)14-6-5-12(3)9-15(14)17-8-7-13(10-17)16-4;1-11(2)14-5-4-12(3)8-15(14)17-7-6-13(9-16)10-17;1-11(2)14-5-4-12(3)10-15(14)13-6-8-16-9-7-13;1-10(2)13-5-4-12(8-14(13)15)17-7-6-11(9-17)16-3;1-11(2)13-5-4-12(3)10-14(13)16-8-6-15-7-9-16;1-11(2)13-7-6-12(3)10-14(13)15-8-4-5-9-15;1-10(2)12-5-4-11(3)14-13(12)15-6-8-16-9-7-15/h6-7,10,12,14H,8-9,11H2,1-5H3;2*5-6,9,11,13,16H,7-8,10H2,1-4H3;4-5,8,11,13H,6-7,9-10,16H2,1-3H3;4-5,10-11,13,16H,6-9H2,1-3H3;4-5,8,10-11,16H,6-7,9H2,1-3H3;4-5,10-11,15H,6-9H2,1-3H3;6-7,10-11H,4-5,8-9H2,1-3H3;4-5,10H,6-9H2,1-3H3/t14-;2*13-;;;11-;;;/m000..0.../s1. The van der Waals surface area contributed by atoms with Gasteiger partial charge in [0.25, 0.3) is 0 Å². The molecule has 0 aliphatic carbocycles. The minimum atomic E-state index is -0.0783. The molecule has 1 unspecified atom stereocenters. The number of likely N-dealkylation sites (N-methyl/N-ethyl adjacent to an activating group) is 4. The van der Waals surface area contributed by atoms with Crippen LogP contribution >= 0.6 is 0 Å². The van der Waals surface area contributed by atoms with E-state index in [4.69, 9.17) is 10.5 Å². The number of piperazine rings is 1. The fourth-order valence-corrected chi connectivity index (χ4v) is 22.6. The zero-order valence-corrected chi connectivity index (χ0v) is 99.1. The Labute approximate surface area is 907 Å². The predicted octanol–water partition coefficient (Wildman–Crippen LogP) is 26.9. The van der Waals surface area contributed by atoms with E-state index in [0.717, 1.165) is 140 Å². The number of pyridine rings is 1. The van der Waals surface area contributed by atoms with Gasteiger partial charge in [0.15, 0.2) is 0 Å². The lowest BCUT2D eigenvalue weighted by Crippen LogP contribution is -2.44. The van der Waals surface area contributed by atoms with Gasteiger partial charge in [0.05, 0.1) is 13.2 Å². The second-order valence-corrected chi connectivity index (χ2v) is 47.4. The fraction of sp³-hybridized carbons (Fsp3) is 0.595. The molecule has 9 aliphatic heterocycles. The lowest BCUT2D eigenvalue weighted by molar-refractivity contribution is 0.122. The molecule has 18 heteroatoms. The Kier molecular flexibility index (Phi) is 49.5. The highest BCUT2D eigenvalue weighted by atomic mass is 19.1. The van der Waals surface area contributed by atoms with Gasteiger partial charge in [-0.25, -0.2) is 9.37 Å². The van der Waals surface area contributed by atoms with E-state index >= 15 is 0 Å². The van der Waals surface area contributed by atoms with Gasteiger partial charge in [-0.2, -0.15) is 0 Å². The molecule has 0 bridgehead atoms. The Bertz CT molecular complexity index is 5110. The third kappa shape index (κ3) is 36.3. The Morgan fingerprint density at radius 1 is 0.329 bits per heavy atom. The van der Waals surface area contributed by atoms with E-state index in [9.17, 15) is 4.39 Å². The number of nitrogens with zero attached hydrogens (tertiary/aromatic N) is 10. The van der Waals surface area contributed by atoms with Gasteiger partial charge in [-0.1, -0.05) is 233 Å². The number of halogens is 1. The number of nitrogens with one attached hydrogen (secondary N) is 5. The molecule has 5 atom stereocenters. The molecule has 0 amide bonds. The highest BCUT2D eigenvalue weighted by molar-refractivity contribution is 5.64. The minimum Gasteiger partial charge on any atom is -0.378 e. The van der Waals surface area contributed by atoms with E-state index < -0.39 is 0 Å². The molecule has 18 rings (SSSR count). The number of nitrogens with two attached hydrogens (primary N) is 1. The van der Waals surface area contributed by atoms with E-state index in [1.54, 1.807) is 17.2 Å². The van der Waals surface area contributed by atoms with Crippen molar-refractivity contribution >= 4 is 45.6 Å². The molecule has 9 saturated heterocycles. The Balaban J connectivity index is 0.000000171. The summed E-state index contributed by atoms with van der Waals surface area (Å²) in [4.78, 5) is 26.8. The van der Waals surface area contributed by atoms with Gasteiger partial charge >= 0.3 is 0 Å². The summed E-state index contributed by atoms with van der Waals surface area (Å²) in [6.07, 6.45) is 11.4. The number of aromatic nitrogens is 1. The van der Waals surface area contributed by atoms with E-state index in [0.29, 0.717) is 77.4 Å². The summed E-state index contributed by atoms with van der Waals surface area (Å²) in [6, 6.07) is 60.6. The van der Waals surface area contributed by atoms with Crippen molar-refractivity contribution in [1.82, 2.24) is 36.5 Å². The first kappa shape index (κ1) is 122. The van der Waals surface area contributed by atoms with Crippen molar-refractivity contribution in [2.75, 3.05) is 225 Å². The largest absolute Gasteiger partial charge is 0.378 e. The average molecular weight is 2040 g/mol. The molecular formula is C131H205FN16O. The molecule has 10 heterocycles. The third-order valence-corrected chi connectivity index (χ3v) is 32.0. The average Bonchev–Trinajstić information content (AvgIpc) is 1.13. The first-order chi connectivity index (χ1) is 71.2. The maximum absolute atomic E-state index is 13.9. The van der Waals surface area contributed by atoms with Crippen LogP contribution in [0.25, 0.3) is 0 Å². The molecule has 7 N–H and O–H groups in total. The number of ether oxygens (including phenoxy) is 1. The second-order valence-electron chi connectivity index (χ2n) is 47.4. The smallest absolute Gasteiger partial charge is 0.132 e. The number of benzene rings is 8. The van der Waals surface area contributed by atoms with Crippen molar-refractivity contribution in [3.8, 4) is 0 Å². The summed E-state index contributed by atoms with van der Waals surface area (Å²) in [6.45, 7) is 82.6. The summed E-state index contributed by atoms with van der Waals surface area (Å²) in [5.41, 5.74) is 40.3. The molecular weight excluding hydrogens is 1830 g/mol. The summed E-state index contributed by atoms with van der Waals surface area (Å²) >= 11 is 0. The minimum absolute atomic E-state index is 0.0783. The molecule has 149 heavy (non-hydrogen) atoms. The third-order valence-electron chi connectivity index (χ3n) is 32.0. The van der Waals surface area contributed by atoms with Crippen LogP contribution in [0.4, 0.5) is 50.0 Å². The number of piperidine rings is 1. The topological polar surface area (TPSA) is 137 Å². The molecule has 822 valence electrons. The Morgan fingerprint density at radius 2 is 0.651 bits per heavy atom. The van der Waals surface area contributed by atoms with Crippen LogP contribution < -0.4 is 71.5 Å². The lowest BCUT2D eigenvalue weighted by Gasteiger charge is -2.32. The van der Waals surface area contributed by atoms with Crippen molar-refractivity contribution in [3.05, 3.63) is 264 Å². The zero-order valence-electron chi connectivity index (χ0n) is 99.1. The Hall–Kier alpha value is -9.08. The number of anilines is 8. The summed E-state index contributed by atoms with van der Waals surface area (Å²) < 4.78 is 19.3. The van der Waals surface area contributed by atoms with Crippen LogP contribution in [-0.2, 0) is 4.74 Å². The predicted molar refractivity (Wildman–Crippen MR) is 648 cm³/mol. The zero-order chi connectivity index (χ0) is 108. The number of aryl methyl sites for hydroxylation is 8. The monoisotopic (exact) mass is 2040 g/mol. The molecule has 0 radical (unpaired) electrons. The van der Waals surface area contributed by atoms with Crippen LogP contribution in [0, 0.1) is 67.1 Å². The van der Waals surface area contributed by atoms with Crippen molar-refractivity contribution < 1.29 is 9.13 Å². The first-order valence-corrected chi connectivity index (χ1v) is 58.1. The van der Waals surface area contributed by atoms with Gasteiger partial charge in [-0.05, 0) is 377 Å². The normalized spacial score (nSPS) is 18.9. The maximum Gasteiger partial charge on any atom is 0.132 e. The van der Waals surface area contributed by atoms with Crippen LogP contribution in [0.2, 0.25) is 0 Å². The molecule has 9 aromatic rings. The van der Waals surface area contributed by atoms with Gasteiger partial charge in [0.1, 0.15) is 11.6 Å². The molecule has 9 aliphatic rings. The van der Waals surface area contributed by atoms with Gasteiger partial charge in [0.2, 0.25) is 0 Å². The fourth-order valence-electron chi connectivity index (χ4n) is 22.6. The van der Waals surface area contributed by atoms with Crippen molar-refractivity contribution in [2.24, 2.45) is 11.7 Å². The summed E-state index contributed by atoms with van der Waals surface area (Å²) in [5, 5.41) is 16.9. The van der Waals surface area contributed by atoms with Gasteiger partial charge in [-0.3, -0.25) is 0 Å². The van der Waals surface area contributed by atoms with Crippen LogP contribution in [0.15, 0.2) is 158 Å². The molecule has 8 aromatic carbocycles. The van der Waals surface area contributed by atoms with Crippen LogP contribution in [0.5, 0.6) is 0 Å². The van der Waals surface area contributed by atoms with Crippen molar-refractivity contribution in [1.29, 1.82) is 0 Å². The van der Waals surface area contributed by atoms with Gasteiger partial charge in [0, 0.05) is 187 Å². The number of hydrogen-bond donors (Lipinski definition) is 6. The molecule has 17 nitrogen and oxygen atoms in total. The highest BCUT2D eigenvalue weighted by Crippen LogP contribution is 2.41. The van der Waals surface area contributed by atoms with Gasteiger partial charge in [-0.15, -0.1) is 0 Å². The SMILES string of the molecule is CN[C@H]1CCN(c2cc(C)ccc2C(C)C)C1.CN[C@H]1CCN(c2cc(C)ccc2C(C)C)C1.CN[C@H]1CCN(c2ccc(C(C)C)c(F)c2)C1.Cc1ccc(C(C)C)c(C2CCNCC2)c1.Cc1ccc(C(C)C)c(N2CCC(CN)C2)c1.Cc1ccc(C(C)C)c(N2CCCC2)c1.Cc1ccc(C(C)C)c(N2CCNCC2)c1.Cc1ccc(C(C)C)c(N2CCOCC2)n1.Cc1ccc(C(C)C)c(N2CC[C@H](N(C)C)C2)c1. The summed E-state index contributed by atoms with van der Waals surface area (Å²) in [5.74, 6) is 7.54. The van der Waals surface area contributed by atoms with Crippen LogP contribution in [-0.4, -0.2) is 220 Å². The lowest BCUT2D eigenvalue weighted by atomic mass is 9.83. The van der Waals surface area contributed by atoms with Crippen LogP contribution in [0.1, 0.15) is 342 Å². The molecule has 0 spiro atoms. The van der Waals surface area contributed by atoms with E-state index in [-0.39, 0.29) is 11.7 Å². The molecule has 1 aromatic heterocycles. The summed E-state index contributed by atoms with van der Waals surface area (Å²) in [7, 11) is 10.5. The van der Waals surface area contributed by atoms with Crippen molar-refractivity contribution in [3.63, 3.8) is 0 Å². The van der Waals surface area contributed by atoms with Gasteiger partial charge < -0.3 is 81.2 Å². The molecule has 0 saturated carbocycles. The maximum atomic E-state index is 13.9. The number of morpholine rings is 1.